The van der Waals surface area contributed by atoms with Gasteiger partial charge in [-0.1, -0.05) is 109 Å². The van der Waals surface area contributed by atoms with Crippen LogP contribution in [0, 0.1) is 0 Å². The van der Waals surface area contributed by atoms with Gasteiger partial charge in [-0.15, -0.1) is 0 Å². The van der Waals surface area contributed by atoms with E-state index in [-0.39, 0.29) is 0 Å². The molecule has 0 N–H and O–H groups in total. The highest BCUT2D eigenvalue weighted by Crippen LogP contribution is 2.30. The van der Waals surface area contributed by atoms with E-state index in [9.17, 15) is 0 Å². The molecule has 0 spiro atoms. The zero-order valence-corrected chi connectivity index (χ0v) is 19.4. The Hall–Kier alpha value is -4.30. The van der Waals surface area contributed by atoms with Crippen LogP contribution in [0.15, 0.2) is 97.1 Å². The molecule has 5 aromatic rings. The summed E-state index contributed by atoms with van der Waals surface area (Å²) in [7, 11) is 3.43. The van der Waals surface area contributed by atoms with Crippen molar-refractivity contribution in [3.05, 3.63) is 119 Å². The first-order chi connectivity index (χ1) is 16.8. The van der Waals surface area contributed by atoms with E-state index < -0.39 is 0 Å². The highest BCUT2D eigenvalue weighted by molar-refractivity contribution is 5.97. The maximum atomic E-state index is 5.51. The van der Waals surface area contributed by atoms with Crippen LogP contribution >= 0.6 is 0 Å². The van der Waals surface area contributed by atoms with Crippen LogP contribution in [0.2, 0.25) is 0 Å². The summed E-state index contributed by atoms with van der Waals surface area (Å²) in [5.74, 6) is 1.79. The van der Waals surface area contributed by atoms with Crippen molar-refractivity contribution in [1.29, 1.82) is 0 Å². The SMILES string of the molecule is COc1ccc(C=Cc2ccc(C=Cc3ccc(OC)c4ccccc34)cc2)c2ccccc12. The fraction of sp³-hybridized carbons (Fsp3) is 0.0625. The van der Waals surface area contributed by atoms with Crippen LogP contribution in [0.3, 0.4) is 0 Å². The van der Waals surface area contributed by atoms with Gasteiger partial charge in [0.05, 0.1) is 14.2 Å². The molecule has 0 aliphatic heterocycles. The topological polar surface area (TPSA) is 18.5 Å². The molecule has 34 heavy (non-hydrogen) atoms. The van der Waals surface area contributed by atoms with E-state index >= 15 is 0 Å². The first-order valence-electron chi connectivity index (χ1n) is 11.3. The molecular weight excluding hydrogens is 416 g/mol. The van der Waals surface area contributed by atoms with E-state index in [2.05, 4.69) is 97.1 Å². The van der Waals surface area contributed by atoms with Gasteiger partial charge in [0.25, 0.3) is 0 Å². The molecule has 0 unspecified atom stereocenters. The Bertz CT molecular complexity index is 1390. The van der Waals surface area contributed by atoms with Crippen molar-refractivity contribution in [2.24, 2.45) is 0 Å². The van der Waals surface area contributed by atoms with Crippen LogP contribution < -0.4 is 9.47 Å². The molecule has 0 saturated heterocycles. The molecule has 2 nitrogen and oxygen atoms in total. The minimum Gasteiger partial charge on any atom is -0.496 e. The third-order valence-electron chi connectivity index (χ3n) is 6.12. The molecule has 5 aromatic carbocycles. The number of rotatable bonds is 6. The number of ether oxygens (including phenoxy) is 2. The molecule has 0 aliphatic carbocycles. The lowest BCUT2D eigenvalue weighted by atomic mass is 10.0. The second-order valence-electron chi connectivity index (χ2n) is 8.14. The molecule has 2 heteroatoms. The Kier molecular flexibility index (Phi) is 6.13. The lowest BCUT2D eigenvalue weighted by Crippen LogP contribution is -1.86. The van der Waals surface area contributed by atoms with Crippen molar-refractivity contribution < 1.29 is 9.47 Å². The normalized spacial score (nSPS) is 11.6. The predicted molar refractivity (Wildman–Crippen MR) is 145 cm³/mol. The Morgan fingerprint density at radius 1 is 0.412 bits per heavy atom. The van der Waals surface area contributed by atoms with Crippen molar-refractivity contribution in [2.75, 3.05) is 14.2 Å². The van der Waals surface area contributed by atoms with E-state index in [1.54, 1.807) is 14.2 Å². The van der Waals surface area contributed by atoms with Crippen LogP contribution in [0.5, 0.6) is 11.5 Å². The van der Waals surface area contributed by atoms with Crippen LogP contribution in [-0.4, -0.2) is 14.2 Å². The Labute approximate surface area is 200 Å². The summed E-state index contributed by atoms with van der Waals surface area (Å²) in [4.78, 5) is 0. The molecule has 0 fully saturated rings. The van der Waals surface area contributed by atoms with Gasteiger partial charge in [0.15, 0.2) is 0 Å². The molecule has 0 bridgehead atoms. The van der Waals surface area contributed by atoms with E-state index in [1.807, 2.05) is 24.3 Å². The average Bonchev–Trinajstić information content (AvgIpc) is 2.91. The monoisotopic (exact) mass is 442 g/mol. The third kappa shape index (κ3) is 4.31. The predicted octanol–water partition coefficient (Wildman–Crippen LogP) is 8.35. The van der Waals surface area contributed by atoms with Gasteiger partial charge in [0, 0.05) is 10.8 Å². The lowest BCUT2D eigenvalue weighted by molar-refractivity contribution is 0.419. The quantitative estimate of drug-likeness (QED) is 0.246. The minimum atomic E-state index is 0.897. The highest BCUT2D eigenvalue weighted by Gasteiger charge is 2.05. The summed E-state index contributed by atoms with van der Waals surface area (Å²) in [5.41, 5.74) is 4.66. The van der Waals surface area contributed by atoms with Gasteiger partial charge in [0.1, 0.15) is 11.5 Å². The average molecular weight is 443 g/mol. The number of hydrogen-bond acceptors (Lipinski definition) is 2. The Morgan fingerprint density at radius 3 is 1.18 bits per heavy atom. The molecule has 0 aliphatic rings. The minimum absolute atomic E-state index is 0.897. The molecule has 0 saturated carbocycles. The fourth-order valence-electron chi connectivity index (χ4n) is 4.33. The van der Waals surface area contributed by atoms with Gasteiger partial charge >= 0.3 is 0 Å². The van der Waals surface area contributed by atoms with E-state index in [0.717, 1.165) is 33.4 Å². The van der Waals surface area contributed by atoms with Gasteiger partial charge in [-0.2, -0.15) is 0 Å². The molecule has 5 rings (SSSR count). The smallest absolute Gasteiger partial charge is 0.126 e. The summed E-state index contributed by atoms with van der Waals surface area (Å²) in [6, 6.07) is 33.5. The van der Waals surface area contributed by atoms with E-state index in [4.69, 9.17) is 9.47 Å². The van der Waals surface area contributed by atoms with Gasteiger partial charge in [-0.05, 0) is 45.2 Å². The maximum Gasteiger partial charge on any atom is 0.126 e. The molecule has 0 amide bonds. The zero-order valence-electron chi connectivity index (χ0n) is 19.4. The van der Waals surface area contributed by atoms with Gasteiger partial charge in [-0.3, -0.25) is 0 Å². The third-order valence-corrected chi connectivity index (χ3v) is 6.12. The summed E-state index contributed by atoms with van der Waals surface area (Å²) >= 11 is 0. The molecule has 166 valence electrons. The first kappa shape index (κ1) is 21.5. The van der Waals surface area contributed by atoms with E-state index in [0.29, 0.717) is 0 Å². The van der Waals surface area contributed by atoms with Crippen LogP contribution in [0.25, 0.3) is 45.8 Å². The fourth-order valence-corrected chi connectivity index (χ4v) is 4.33. The van der Waals surface area contributed by atoms with Crippen molar-refractivity contribution in [1.82, 2.24) is 0 Å². The van der Waals surface area contributed by atoms with Crippen LogP contribution in [-0.2, 0) is 0 Å². The maximum absolute atomic E-state index is 5.51. The van der Waals surface area contributed by atoms with Crippen LogP contribution in [0.4, 0.5) is 0 Å². The summed E-state index contributed by atoms with van der Waals surface area (Å²) in [5, 5.41) is 4.62. The largest absolute Gasteiger partial charge is 0.496 e. The van der Waals surface area contributed by atoms with E-state index in [1.165, 1.54) is 21.9 Å². The second kappa shape index (κ2) is 9.68. The van der Waals surface area contributed by atoms with Gasteiger partial charge in [0.2, 0.25) is 0 Å². The summed E-state index contributed by atoms with van der Waals surface area (Å²) in [6.45, 7) is 0. The van der Waals surface area contributed by atoms with Crippen molar-refractivity contribution in [2.45, 2.75) is 0 Å². The zero-order chi connectivity index (χ0) is 23.3. The second-order valence-corrected chi connectivity index (χ2v) is 8.14. The number of benzene rings is 5. The number of hydrogen-bond donors (Lipinski definition) is 0. The van der Waals surface area contributed by atoms with Gasteiger partial charge in [-0.25, -0.2) is 0 Å². The summed E-state index contributed by atoms with van der Waals surface area (Å²) in [6.07, 6.45) is 8.63. The number of methoxy groups -OCH3 is 2. The molecule has 0 radical (unpaired) electrons. The molecule has 0 heterocycles. The standard InChI is InChI=1S/C32H26O2/c1-33-31-21-19-25(27-7-3-5-9-29(27)31)17-15-23-11-13-24(14-12-23)16-18-26-20-22-32(34-2)30-10-6-4-8-28(26)30/h3-22H,1-2H3. The Morgan fingerprint density at radius 2 is 0.794 bits per heavy atom. The van der Waals surface area contributed by atoms with Gasteiger partial charge < -0.3 is 9.47 Å². The Balaban J connectivity index is 1.37. The van der Waals surface area contributed by atoms with Crippen molar-refractivity contribution >= 4 is 45.8 Å². The van der Waals surface area contributed by atoms with Crippen molar-refractivity contribution in [3.63, 3.8) is 0 Å². The lowest BCUT2D eigenvalue weighted by Gasteiger charge is -2.08. The van der Waals surface area contributed by atoms with Crippen LogP contribution in [0.1, 0.15) is 22.3 Å². The number of fused-ring (bicyclic) bond motifs is 2. The highest BCUT2D eigenvalue weighted by atomic mass is 16.5. The molecule has 0 aromatic heterocycles. The first-order valence-corrected chi connectivity index (χ1v) is 11.3. The molecular formula is C32H26O2. The molecule has 0 atom stereocenters. The van der Waals surface area contributed by atoms with Crippen molar-refractivity contribution in [3.8, 4) is 11.5 Å². The summed E-state index contributed by atoms with van der Waals surface area (Å²) < 4.78 is 11.0.